The number of alkyl halides is 3. The van der Waals surface area contributed by atoms with Crippen molar-refractivity contribution in [2.75, 3.05) is 11.9 Å². The molecule has 10 heteroatoms. The number of nitrogens with one attached hydrogen (secondary N) is 2. The number of nitriles is 1. The predicted octanol–water partition coefficient (Wildman–Crippen LogP) is 4.97. The van der Waals surface area contributed by atoms with Crippen LogP contribution in [0.5, 0.6) is 5.75 Å². The van der Waals surface area contributed by atoms with Gasteiger partial charge in [-0.15, -0.1) is 13.2 Å². The Labute approximate surface area is 199 Å². The van der Waals surface area contributed by atoms with Gasteiger partial charge in [0.2, 0.25) is 0 Å². The van der Waals surface area contributed by atoms with E-state index in [1.165, 1.54) is 12.1 Å². The Balaban J connectivity index is 1.74. The van der Waals surface area contributed by atoms with Gasteiger partial charge in [-0.05, 0) is 59.7 Å². The lowest BCUT2D eigenvalue weighted by molar-refractivity contribution is -0.274. The molecule has 1 atom stereocenters. The van der Waals surface area contributed by atoms with Gasteiger partial charge in [0.1, 0.15) is 11.8 Å². The highest BCUT2D eigenvalue weighted by Crippen LogP contribution is 2.24. The van der Waals surface area contributed by atoms with Crippen molar-refractivity contribution in [3.05, 3.63) is 72.3 Å². The largest absolute Gasteiger partial charge is 0.573 e. The molecule has 0 heterocycles. The molecule has 0 spiro atoms. The van der Waals surface area contributed by atoms with Crippen molar-refractivity contribution in [1.29, 1.82) is 5.26 Å². The lowest BCUT2D eigenvalue weighted by Crippen LogP contribution is -2.49. The number of hydrogen-bond donors (Lipinski definition) is 2. The van der Waals surface area contributed by atoms with E-state index in [0.29, 0.717) is 5.69 Å². The van der Waals surface area contributed by atoms with Crippen molar-refractivity contribution in [2.45, 2.75) is 25.7 Å². The minimum absolute atomic E-state index is 0.0811. The van der Waals surface area contributed by atoms with E-state index in [-0.39, 0.29) is 23.8 Å². The van der Waals surface area contributed by atoms with Gasteiger partial charge < -0.3 is 15.4 Å². The molecule has 6 nitrogen and oxygen atoms in total. The van der Waals surface area contributed by atoms with Gasteiger partial charge in [0, 0.05) is 18.7 Å². The van der Waals surface area contributed by atoms with Crippen LogP contribution >= 0.6 is 12.2 Å². The summed E-state index contributed by atoms with van der Waals surface area (Å²) in [7, 11) is 0. The standard InChI is InChI=1S/C24H21F3N4O2S/c1-2-31(15-28)22(32)21(14-16-7-8-17-5-3-4-6-18(17)13-16)30-23(34)29-19-9-11-20(12-10-19)33-24(25,26)27/h3-13,21H,2,14H2,1H3,(H2,29,30,34). The third-order valence-corrected chi connectivity index (χ3v) is 5.13. The topological polar surface area (TPSA) is 77.4 Å². The lowest BCUT2D eigenvalue weighted by atomic mass is 10.0. The molecule has 0 aliphatic heterocycles. The fourth-order valence-electron chi connectivity index (χ4n) is 3.33. The average molecular weight is 487 g/mol. The van der Waals surface area contributed by atoms with Crippen LogP contribution in [0.3, 0.4) is 0 Å². The van der Waals surface area contributed by atoms with Crippen LogP contribution in [0.4, 0.5) is 18.9 Å². The number of ether oxygens (including phenoxy) is 1. The van der Waals surface area contributed by atoms with Gasteiger partial charge >= 0.3 is 6.36 Å². The zero-order valence-corrected chi connectivity index (χ0v) is 18.9. The van der Waals surface area contributed by atoms with Crippen molar-refractivity contribution in [2.24, 2.45) is 0 Å². The number of halogens is 3. The number of nitrogens with zero attached hydrogens (tertiary/aromatic N) is 2. The number of carbonyl (C=O) groups is 1. The van der Waals surface area contributed by atoms with Gasteiger partial charge in [-0.3, -0.25) is 4.79 Å². The summed E-state index contributed by atoms with van der Waals surface area (Å²) in [5, 5.41) is 17.2. The normalized spacial score (nSPS) is 11.9. The van der Waals surface area contributed by atoms with Crippen molar-refractivity contribution >= 4 is 39.7 Å². The van der Waals surface area contributed by atoms with E-state index in [1.807, 2.05) is 48.7 Å². The first-order chi connectivity index (χ1) is 16.2. The molecule has 0 aliphatic carbocycles. The molecule has 0 aliphatic rings. The summed E-state index contributed by atoms with van der Waals surface area (Å²) in [4.78, 5) is 14.0. The van der Waals surface area contributed by atoms with E-state index in [9.17, 15) is 23.2 Å². The van der Waals surface area contributed by atoms with Gasteiger partial charge in [-0.25, -0.2) is 4.90 Å². The number of amides is 1. The Morgan fingerprint density at radius 3 is 2.41 bits per heavy atom. The maximum Gasteiger partial charge on any atom is 0.573 e. The number of likely N-dealkylation sites (N-methyl/N-ethyl adjacent to an activating group) is 1. The third kappa shape index (κ3) is 6.83. The van der Waals surface area contributed by atoms with Crippen molar-refractivity contribution in [3.63, 3.8) is 0 Å². The predicted molar refractivity (Wildman–Crippen MR) is 127 cm³/mol. The van der Waals surface area contributed by atoms with E-state index in [1.54, 1.807) is 6.92 Å². The van der Waals surface area contributed by atoms with Crippen LogP contribution in [0.25, 0.3) is 10.8 Å². The van der Waals surface area contributed by atoms with E-state index in [0.717, 1.165) is 33.4 Å². The monoisotopic (exact) mass is 486 g/mol. The molecule has 0 aromatic heterocycles. The molecule has 1 amide bonds. The second-order valence-corrected chi connectivity index (χ2v) is 7.70. The number of thiocarbonyl (C=S) groups is 1. The Hall–Kier alpha value is -3.84. The third-order valence-electron chi connectivity index (χ3n) is 4.91. The SMILES string of the molecule is CCN(C#N)C(=O)C(Cc1ccc2ccccc2c1)NC(=S)Nc1ccc(OC(F)(F)F)cc1. The van der Waals surface area contributed by atoms with Gasteiger partial charge in [0.25, 0.3) is 5.91 Å². The van der Waals surface area contributed by atoms with Crippen LogP contribution in [-0.2, 0) is 11.2 Å². The summed E-state index contributed by atoms with van der Waals surface area (Å²) >= 11 is 5.32. The van der Waals surface area contributed by atoms with Crippen LogP contribution < -0.4 is 15.4 Å². The second-order valence-electron chi connectivity index (χ2n) is 7.29. The fraction of sp³-hybridized carbons (Fsp3) is 0.208. The van der Waals surface area contributed by atoms with Crippen LogP contribution in [0.15, 0.2) is 66.7 Å². The molecule has 1 unspecified atom stereocenters. The summed E-state index contributed by atoms with van der Waals surface area (Å²) in [5.41, 5.74) is 1.27. The Bertz CT molecular complexity index is 1210. The molecule has 0 saturated carbocycles. The number of hydrogen-bond acceptors (Lipinski definition) is 4. The minimum Gasteiger partial charge on any atom is -0.406 e. The van der Waals surface area contributed by atoms with Crippen LogP contribution in [0, 0.1) is 11.5 Å². The smallest absolute Gasteiger partial charge is 0.406 e. The van der Waals surface area contributed by atoms with Gasteiger partial charge in [-0.2, -0.15) is 5.26 Å². The van der Waals surface area contributed by atoms with Crippen LogP contribution in [0.2, 0.25) is 0 Å². The molecular formula is C24H21F3N4O2S. The highest BCUT2D eigenvalue weighted by molar-refractivity contribution is 7.80. The number of anilines is 1. The molecule has 0 fully saturated rings. The fourth-order valence-corrected chi connectivity index (χ4v) is 3.59. The van der Waals surface area contributed by atoms with E-state index >= 15 is 0 Å². The highest BCUT2D eigenvalue weighted by Gasteiger charge is 2.31. The van der Waals surface area contributed by atoms with Gasteiger partial charge in [0.15, 0.2) is 11.3 Å². The second kappa shape index (κ2) is 10.9. The molecule has 0 bridgehead atoms. The quantitative estimate of drug-likeness (QED) is 0.279. The first-order valence-corrected chi connectivity index (χ1v) is 10.7. The van der Waals surface area contributed by atoms with Crippen molar-refractivity contribution in [1.82, 2.24) is 10.2 Å². The number of rotatable bonds is 7. The first kappa shape index (κ1) is 24.8. The van der Waals surface area contributed by atoms with Crippen molar-refractivity contribution in [3.8, 4) is 11.9 Å². The van der Waals surface area contributed by atoms with Gasteiger partial charge in [0.05, 0.1) is 0 Å². The van der Waals surface area contributed by atoms with Crippen LogP contribution in [0.1, 0.15) is 12.5 Å². The number of fused-ring (bicyclic) bond motifs is 1. The summed E-state index contributed by atoms with van der Waals surface area (Å²) in [6.45, 7) is 1.89. The molecule has 3 aromatic rings. The summed E-state index contributed by atoms with van der Waals surface area (Å²) in [5.74, 6) is -0.815. The Morgan fingerprint density at radius 1 is 1.12 bits per heavy atom. The molecular weight excluding hydrogens is 465 g/mol. The maximum atomic E-state index is 13.0. The highest BCUT2D eigenvalue weighted by atomic mass is 32.1. The molecule has 3 rings (SSSR count). The molecule has 34 heavy (non-hydrogen) atoms. The Morgan fingerprint density at radius 2 is 1.79 bits per heavy atom. The number of benzene rings is 3. The summed E-state index contributed by atoms with van der Waals surface area (Å²) in [6, 6.07) is 17.8. The first-order valence-electron chi connectivity index (χ1n) is 10.3. The Kier molecular flexibility index (Phi) is 7.91. The van der Waals surface area contributed by atoms with E-state index in [4.69, 9.17) is 12.2 Å². The zero-order chi connectivity index (χ0) is 24.7. The molecule has 3 aromatic carbocycles. The lowest BCUT2D eigenvalue weighted by Gasteiger charge is -2.23. The minimum atomic E-state index is -4.78. The van der Waals surface area contributed by atoms with Gasteiger partial charge in [-0.1, -0.05) is 42.5 Å². The van der Waals surface area contributed by atoms with Crippen LogP contribution in [-0.4, -0.2) is 34.9 Å². The average Bonchev–Trinajstić information content (AvgIpc) is 2.79. The summed E-state index contributed by atoms with van der Waals surface area (Å²) in [6.07, 6.45) is -2.65. The number of carbonyl (C=O) groups excluding carboxylic acids is 1. The molecule has 0 saturated heterocycles. The van der Waals surface area contributed by atoms with E-state index in [2.05, 4.69) is 15.4 Å². The summed E-state index contributed by atoms with van der Waals surface area (Å²) < 4.78 is 40.8. The molecule has 176 valence electrons. The molecule has 2 N–H and O–H groups in total. The zero-order valence-electron chi connectivity index (χ0n) is 18.1. The maximum absolute atomic E-state index is 13.0. The molecule has 0 radical (unpaired) electrons. The van der Waals surface area contributed by atoms with Crippen molar-refractivity contribution < 1.29 is 22.7 Å². The van der Waals surface area contributed by atoms with E-state index < -0.39 is 18.3 Å².